The fourth-order valence-corrected chi connectivity index (χ4v) is 0.982. The van der Waals surface area contributed by atoms with E-state index in [1.54, 1.807) is 12.1 Å². The number of hydrogen-bond donors (Lipinski definition) is 0. The number of nitrogens with zero attached hydrogens (tertiary/aromatic N) is 1. The predicted molar refractivity (Wildman–Crippen MR) is 52.0 cm³/mol. The Morgan fingerprint density at radius 2 is 1.93 bits per heavy atom. The van der Waals surface area contributed by atoms with Gasteiger partial charge in [0.1, 0.15) is 11.4 Å². The maximum atomic E-state index is 12.1. The van der Waals surface area contributed by atoms with E-state index in [9.17, 15) is 13.2 Å². The van der Waals surface area contributed by atoms with Crippen molar-refractivity contribution in [3.8, 4) is 5.75 Å². The molecule has 0 N–H and O–H groups in total. The highest BCUT2D eigenvalue weighted by atomic mass is 35.5. The predicted octanol–water partition coefficient (Wildman–Crippen LogP) is 3.53. The van der Waals surface area contributed by atoms with Gasteiger partial charge in [0.2, 0.25) is 5.17 Å². The number of hydrogen-bond acceptors (Lipinski definition) is 2. The molecule has 0 fully saturated rings. The maximum absolute atomic E-state index is 12.1. The minimum atomic E-state index is -4.64. The molecule has 1 rings (SSSR count). The van der Waals surface area contributed by atoms with Crippen LogP contribution in [0.15, 0.2) is 29.3 Å². The Labute approximate surface area is 89.3 Å². The van der Waals surface area contributed by atoms with Crippen LogP contribution in [0.2, 0.25) is 0 Å². The van der Waals surface area contributed by atoms with Crippen LogP contribution in [0.25, 0.3) is 0 Å². The highest BCUT2D eigenvalue weighted by Crippen LogP contribution is 2.30. The Morgan fingerprint density at radius 3 is 2.47 bits per heavy atom. The summed E-state index contributed by atoms with van der Waals surface area (Å²) in [7, 11) is 1.34. The third-order valence-electron chi connectivity index (χ3n) is 1.54. The van der Waals surface area contributed by atoms with Gasteiger partial charge in [-0.2, -0.15) is 13.2 Å². The summed E-state index contributed by atoms with van der Waals surface area (Å²) in [6, 6.07) is 6.05. The molecule has 82 valence electrons. The average Bonchev–Trinajstić information content (AvgIpc) is 2.17. The first-order valence-electron chi connectivity index (χ1n) is 3.89. The van der Waals surface area contributed by atoms with Gasteiger partial charge in [-0.3, -0.25) is 0 Å². The van der Waals surface area contributed by atoms with Gasteiger partial charge >= 0.3 is 6.18 Å². The molecule has 15 heavy (non-hydrogen) atoms. The largest absolute Gasteiger partial charge is 0.494 e. The summed E-state index contributed by atoms with van der Waals surface area (Å²) in [5.41, 5.74) is 0.0438. The molecule has 0 aliphatic rings. The third-order valence-corrected chi connectivity index (χ3v) is 1.84. The topological polar surface area (TPSA) is 21.6 Å². The second kappa shape index (κ2) is 4.53. The number of aliphatic imine (C=N–C) groups is 1. The van der Waals surface area contributed by atoms with Crippen molar-refractivity contribution >= 4 is 22.5 Å². The first-order valence-corrected chi connectivity index (χ1v) is 4.27. The van der Waals surface area contributed by atoms with Crippen LogP contribution in [-0.2, 0) is 0 Å². The highest BCUT2D eigenvalue weighted by molar-refractivity contribution is 6.67. The molecule has 1 aromatic carbocycles. The number of benzene rings is 1. The molecule has 0 aliphatic heterocycles. The standard InChI is InChI=1S/C9H7ClF3NO/c1-15-7-5-3-2-4-6(7)14-8(10)9(11,12)13/h2-5H,1H3. The molecule has 0 bridgehead atoms. The van der Waals surface area contributed by atoms with Crippen molar-refractivity contribution in [1.29, 1.82) is 0 Å². The summed E-state index contributed by atoms with van der Waals surface area (Å²) in [6.45, 7) is 0. The van der Waals surface area contributed by atoms with Crippen molar-refractivity contribution in [2.75, 3.05) is 7.11 Å². The van der Waals surface area contributed by atoms with Crippen LogP contribution in [0, 0.1) is 0 Å². The van der Waals surface area contributed by atoms with Crippen molar-refractivity contribution in [3.63, 3.8) is 0 Å². The van der Waals surface area contributed by atoms with Crippen LogP contribution in [-0.4, -0.2) is 18.5 Å². The highest BCUT2D eigenvalue weighted by Gasteiger charge is 2.34. The summed E-state index contributed by atoms with van der Waals surface area (Å²) < 4.78 is 41.0. The SMILES string of the molecule is COc1ccccc1N=C(Cl)C(F)(F)F. The lowest BCUT2D eigenvalue weighted by molar-refractivity contribution is -0.0558. The molecule has 0 heterocycles. The summed E-state index contributed by atoms with van der Waals surface area (Å²) in [5, 5.41) is -1.42. The monoisotopic (exact) mass is 237 g/mol. The van der Waals surface area contributed by atoms with Gasteiger partial charge in [0, 0.05) is 0 Å². The summed E-state index contributed by atoms with van der Waals surface area (Å²) in [4.78, 5) is 3.23. The molecule has 0 saturated heterocycles. The van der Waals surface area contributed by atoms with Gasteiger partial charge in [0.25, 0.3) is 0 Å². The van der Waals surface area contributed by atoms with Gasteiger partial charge < -0.3 is 4.74 Å². The zero-order chi connectivity index (χ0) is 11.5. The van der Waals surface area contributed by atoms with Crippen molar-refractivity contribution in [2.45, 2.75) is 6.18 Å². The lowest BCUT2D eigenvalue weighted by Gasteiger charge is -2.06. The van der Waals surface area contributed by atoms with Crippen LogP contribution in [0.4, 0.5) is 18.9 Å². The van der Waals surface area contributed by atoms with Crippen molar-refractivity contribution < 1.29 is 17.9 Å². The second-order valence-electron chi connectivity index (χ2n) is 2.57. The number of ether oxygens (including phenoxy) is 1. The van der Waals surface area contributed by atoms with Gasteiger partial charge in [-0.15, -0.1) is 0 Å². The smallest absolute Gasteiger partial charge is 0.444 e. The van der Waals surface area contributed by atoms with E-state index in [-0.39, 0.29) is 11.4 Å². The summed E-state index contributed by atoms with van der Waals surface area (Å²) in [6.07, 6.45) is -4.64. The van der Waals surface area contributed by atoms with Crippen LogP contribution in [0.5, 0.6) is 5.75 Å². The number of para-hydroxylation sites is 2. The number of rotatable bonds is 2. The van der Waals surface area contributed by atoms with Crippen LogP contribution < -0.4 is 4.74 Å². The molecule has 0 saturated carbocycles. The van der Waals surface area contributed by atoms with Crippen molar-refractivity contribution in [3.05, 3.63) is 24.3 Å². The molecule has 0 amide bonds. The van der Waals surface area contributed by atoms with E-state index in [2.05, 4.69) is 4.99 Å². The van der Waals surface area contributed by atoms with Gasteiger partial charge in [-0.1, -0.05) is 23.7 Å². The fourth-order valence-electron chi connectivity index (χ4n) is 0.891. The van der Waals surface area contributed by atoms with E-state index >= 15 is 0 Å². The van der Waals surface area contributed by atoms with Gasteiger partial charge in [-0.05, 0) is 12.1 Å². The molecule has 0 spiro atoms. The van der Waals surface area contributed by atoms with E-state index in [0.717, 1.165) is 0 Å². The summed E-state index contributed by atoms with van der Waals surface area (Å²) >= 11 is 4.99. The Hall–Kier alpha value is -1.23. The lowest BCUT2D eigenvalue weighted by Crippen LogP contribution is -2.16. The molecule has 0 radical (unpaired) electrons. The molecule has 0 unspecified atom stereocenters. The Kier molecular flexibility index (Phi) is 3.57. The number of alkyl halides is 3. The molecular formula is C9H7ClF3NO. The molecule has 0 atom stereocenters. The molecular weight excluding hydrogens is 231 g/mol. The summed E-state index contributed by atoms with van der Waals surface area (Å²) in [5.74, 6) is 0.236. The number of halogens is 4. The zero-order valence-electron chi connectivity index (χ0n) is 7.68. The maximum Gasteiger partial charge on any atom is 0.444 e. The number of methoxy groups -OCH3 is 1. The van der Waals surface area contributed by atoms with E-state index in [0.29, 0.717) is 0 Å². The third kappa shape index (κ3) is 3.13. The van der Waals surface area contributed by atoms with E-state index in [1.165, 1.54) is 19.2 Å². The van der Waals surface area contributed by atoms with Crippen molar-refractivity contribution in [1.82, 2.24) is 0 Å². The molecule has 1 aromatic rings. The fraction of sp³-hybridized carbons (Fsp3) is 0.222. The Bertz CT molecular complexity index is 376. The van der Waals surface area contributed by atoms with Crippen LogP contribution in [0.1, 0.15) is 0 Å². The molecule has 0 aromatic heterocycles. The second-order valence-corrected chi connectivity index (χ2v) is 2.93. The minimum absolute atomic E-state index is 0.0438. The Morgan fingerprint density at radius 1 is 1.33 bits per heavy atom. The van der Waals surface area contributed by atoms with Crippen LogP contribution >= 0.6 is 11.6 Å². The Balaban J connectivity index is 3.08. The van der Waals surface area contributed by atoms with Crippen molar-refractivity contribution in [2.24, 2.45) is 4.99 Å². The lowest BCUT2D eigenvalue weighted by atomic mass is 10.3. The van der Waals surface area contributed by atoms with E-state index in [4.69, 9.17) is 16.3 Å². The van der Waals surface area contributed by atoms with E-state index in [1.807, 2.05) is 0 Å². The first-order chi connectivity index (χ1) is 6.95. The van der Waals surface area contributed by atoms with Crippen LogP contribution in [0.3, 0.4) is 0 Å². The first kappa shape index (κ1) is 11.8. The van der Waals surface area contributed by atoms with Gasteiger partial charge in [-0.25, -0.2) is 4.99 Å². The zero-order valence-corrected chi connectivity index (χ0v) is 8.43. The molecule has 0 aliphatic carbocycles. The normalized spacial score (nSPS) is 12.7. The quantitative estimate of drug-likeness (QED) is 0.721. The average molecular weight is 238 g/mol. The molecule has 2 nitrogen and oxygen atoms in total. The van der Waals surface area contributed by atoms with Gasteiger partial charge in [0.15, 0.2) is 0 Å². The van der Waals surface area contributed by atoms with E-state index < -0.39 is 11.3 Å². The van der Waals surface area contributed by atoms with Gasteiger partial charge in [0.05, 0.1) is 7.11 Å². The molecule has 6 heteroatoms. The minimum Gasteiger partial charge on any atom is -0.494 e.